The van der Waals surface area contributed by atoms with Gasteiger partial charge in [0.2, 0.25) is 5.89 Å². The van der Waals surface area contributed by atoms with Crippen molar-refractivity contribution in [1.29, 1.82) is 0 Å². The molecule has 0 amide bonds. The number of nitro groups is 1. The van der Waals surface area contributed by atoms with Crippen LogP contribution in [0.1, 0.15) is 22.9 Å². The third-order valence-corrected chi connectivity index (χ3v) is 3.40. The Morgan fingerprint density at radius 1 is 1.39 bits per heavy atom. The average molecular weight is 350 g/mol. The molecule has 0 saturated carbocycles. The van der Waals surface area contributed by atoms with Crippen LogP contribution in [-0.4, -0.2) is 9.91 Å². The van der Waals surface area contributed by atoms with Crippen molar-refractivity contribution in [3.8, 4) is 0 Å². The summed E-state index contributed by atoms with van der Waals surface area (Å²) in [4.78, 5) is 14.1. The highest BCUT2D eigenvalue weighted by Crippen LogP contribution is 2.40. The van der Waals surface area contributed by atoms with Crippen LogP contribution in [0.3, 0.4) is 0 Å². The SMILES string of the molecule is Cc1nc(CNc2cc(Cl)c(C(F)(F)F)cc2[N+](=O)[O-])oc1C. The molecule has 2 rings (SSSR count). The summed E-state index contributed by atoms with van der Waals surface area (Å²) in [6, 6.07) is 1.27. The van der Waals surface area contributed by atoms with Gasteiger partial charge in [0.15, 0.2) is 0 Å². The predicted molar refractivity (Wildman–Crippen MR) is 76.4 cm³/mol. The second-order valence-electron chi connectivity index (χ2n) is 4.71. The number of benzene rings is 1. The van der Waals surface area contributed by atoms with E-state index in [0.717, 1.165) is 6.07 Å². The Labute approximate surface area is 133 Å². The van der Waals surface area contributed by atoms with Gasteiger partial charge in [-0.15, -0.1) is 0 Å². The molecule has 0 saturated heterocycles. The predicted octanol–water partition coefficient (Wildman–Crippen LogP) is 4.48. The fraction of sp³-hybridized carbons (Fsp3) is 0.308. The van der Waals surface area contributed by atoms with Gasteiger partial charge in [-0.05, 0) is 19.9 Å². The average Bonchev–Trinajstić information content (AvgIpc) is 2.73. The van der Waals surface area contributed by atoms with Gasteiger partial charge in [-0.25, -0.2) is 4.98 Å². The minimum absolute atomic E-state index is 0.0305. The number of oxazole rings is 1. The molecular weight excluding hydrogens is 339 g/mol. The summed E-state index contributed by atoms with van der Waals surface area (Å²) in [5.41, 5.74) is -1.50. The second kappa shape index (κ2) is 6.07. The summed E-state index contributed by atoms with van der Waals surface area (Å²) in [6.45, 7) is 3.39. The highest BCUT2D eigenvalue weighted by molar-refractivity contribution is 6.31. The number of rotatable bonds is 4. The van der Waals surface area contributed by atoms with Crippen molar-refractivity contribution in [2.24, 2.45) is 0 Å². The molecule has 0 radical (unpaired) electrons. The molecule has 1 heterocycles. The molecule has 0 fully saturated rings. The molecule has 1 aromatic carbocycles. The van der Waals surface area contributed by atoms with Crippen LogP contribution in [0, 0.1) is 24.0 Å². The number of nitrogens with zero attached hydrogens (tertiary/aromatic N) is 2. The van der Waals surface area contributed by atoms with E-state index in [0.29, 0.717) is 17.5 Å². The summed E-state index contributed by atoms with van der Waals surface area (Å²) in [6.07, 6.45) is -4.78. The molecule has 0 spiro atoms. The van der Waals surface area contributed by atoms with Crippen LogP contribution in [0.5, 0.6) is 0 Å². The molecule has 0 aliphatic rings. The zero-order chi connectivity index (χ0) is 17.4. The number of anilines is 1. The molecule has 124 valence electrons. The van der Waals surface area contributed by atoms with Crippen molar-refractivity contribution < 1.29 is 22.5 Å². The number of aromatic nitrogens is 1. The first-order valence-corrected chi connectivity index (χ1v) is 6.69. The van der Waals surface area contributed by atoms with Crippen molar-refractivity contribution in [1.82, 2.24) is 4.98 Å². The number of aryl methyl sites for hydroxylation is 2. The first kappa shape index (κ1) is 17.1. The van der Waals surface area contributed by atoms with Crippen molar-refractivity contribution >= 4 is 23.0 Å². The summed E-state index contributed by atoms with van der Waals surface area (Å²) in [7, 11) is 0. The Bertz CT molecular complexity index is 739. The van der Waals surface area contributed by atoms with Crippen LogP contribution in [0.2, 0.25) is 5.02 Å². The van der Waals surface area contributed by atoms with Crippen molar-refractivity contribution in [2.45, 2.75) is 26.6 Å². The molecule has 2 aromatic rings. The zero-order valence-corrected chi connectivity index (χ0v) is 12.7. The number of nitro benzene ring substituents is 1. The molecule has 6 nitrogen and oxygen atoms in total. The normalized spacial score (nSPS) is 11.6. The molecule has 0 bridgehead atoms. The Morgan fingerprint density at radius 2 is 2.04 bits per heavy atom. The Kier molecular flexibility index (Phi) is 4.51. The number of hydrogen-bond acceptors (Lipinski definition) is 5. The van der Waals surface area contributed by atoms with Crippen LogP contribution >= 0.6 is 11.6 Å². The molecular formula is C13H11ClF3N3O3. The van der Waals surface area contributed by atoms with Gasteiger partial charge in [0, 0.05) is 6.07 Å². The van der Waals surface area contributed by atoms with Gasteiger partial charge in [-0.2, -0.15) is 13.2 Å². The third-order valence-electron chi connectivity index (χ3n) is 3.09. The van der Waals surface area contributed by atoms with E-state index in [1.807, 2.05) is 0 Å². The van der Waals surface area contributed by atoms with E-state index in [2.05, 4.69) is 10.3 Å². The van der Waals surface area contributed by atoms with Gasteiger partial charge in [-0.3, -0.25) is 10.1 Å². The Balaban J connectivity index is 2.34. The van der Waals surface area contributed by atoms with Crippen LogP contribution in [0.25, 0.3) is 0 Å². The fourth-order valence-electron chi connectivity index (χ4n) is 1.86. The number of hydrogen-bond donors (Lipinski definition) is 1. The molecule has 0 unspecified atom stereocenters. The molecule has 23 heavy (non-hydrogen) atoms. The standard InChI is InChI=1S/C13H11ClF3N3O3/c1-6-7(2)23-12(19-6)5-18-10-4-9(14)8(13(15,16)17)3-11(10)20(21)22/h3-4,18H,5H2,1-2H3. The van der Waals surface area contributed by atoms with E-state index in [4.69, 9.17) is 16.0 Å². The van der Waals surface area contributed by atoms with Crippen molar-refractivity contribution in [2.75, 3.05) is 5.32 Å². The topological polar surface area (TPSA) is 81.2 Å². The molecule has 1 N–H and O–H groups in total. The highest BCUT2D eigenvalue weighted by atomic mass is 35.5. The minimum atomic E-state index is -4.78. The zero-order valence-electron chi connectivity index (χ0n) is 12.0. The molecule has 10 heteroatoms. The van der Waals surface area contributed by atoms with Gasteiger partial charge >= 0.3 is 6.18 Å². The largest absolute Gasteiger partial charge is 0.444 e. The maximum atomic E-state index is 12.8. The molecule has 0 aliphatic carbocycles. The lowest BCUT2D eigenvalue weighted by Gasteiger charge is -2.11. The van der Waals surface area contributed by atoms with E-state index in [1.54, 1.807) is 13.8 Å². The van der Waals surface area contributed by atoms with Gasteiger partial charge in [0.05, 0.1) is 27.7 Å². The highest BCUT2D eigenvalue weighted by Gasteiger charge is 2.36. The van der Waals surface area contributed by atoms with Crippen molar-refractivity contribution in [3.05, 3.63) is 50.2 Å². The van der Waals surface area contributed by atoms with Crippen LogP contribution in [0.15, 0.2) is 16.5 Å². The maximum absolute atomic E-state index is 12.8. The van der Waals surface area contributed by atoms with Gasteiger partial charge in [0.1, 0.15) is 11.4 Å². The van der Waals surface area contributed by atoms with E-state index in [1.165, 1.54) is 0 Å². The molecule has 0 aliphatic heterocycles. The number of alkyl halides is 3. The summed E-state index contributed by atoms with van der Waals surface area (Å²) in [5, 5.41) is 13.0. The van der Waals surface area contributed by atoms with E-state index >= 15 is 0 Å². The minimum Gasteiger partial charge on any atom is -0.444 e. The van der Waals surface area contributed by atoms with Gasteiger partial charge < -0.3 is 9.73 Å². The fourth-order valence-corrected chi connectivity index (χ4v) is 2.13. The molecule has 0 atom stereocenters. The van der Waals surface area contributed by atoms with Crippen LogP contribution in [0.4, 0.5) is 24.5 Å². The summed E-state index contributed by atoms with van der Waals surface area (Å²) >= 11 is 5.58. The Hall–Kier alpha value is -2.29. The van der Waals surface area contributed by atoms with E-state index in [-0.39, 0.29) is 18.1 Å². The lowest BCUT2D eigenvalue weighted by atomic mass is 10.1. The second-order valence-corrected chi connectivity index (χ2v) is 5.11. The smallest absolute Gasteiger partial charge is 0.418 e. The van der Waals surface area contributed by atoms with E-state index < -0.39 is 27.4 Å². The number of nitrogens with one attached hydrogen (secondary N) is 1. The maximum Gasteiger partial charge on any atom is 0.418 e. The lowest BCUT2D eigenvalue weighted by Crippen LogP contribution is -2.09. The van der Waals surface area contributed by atoms with Gasteiger partial charge in [-0.1, -0.05) is 11.6 Å². The first-order chi connectivity index (χ1) is 10.6. The molecule has 1 aromatic heterocycles. The van der Waals surface area contributed by atoms with E-state index in [9.17, 15) is 23.3 Å². The lowest BCUT2D eigenvalue weighted by molar-refractivity contribution is -0.384. The monoisotopic (exact) mass is 349 g/mol. The van der Waals surface area contributed by atoms with Crippen LogP contribution < -0.4 is 5.32 Å². The quantitative estimate of drug-likeness (QED) is 0.650. The first-order valence-electron chi connectivity index (χ1n) is 6.31. The van der Waals surface area contributed by atoms with Crippen molar-refractivity contribution in [3.63, 3.8) is 0 Å². The van der Waals surface area contributed by atoms with Gasteiger partial charge in [0.25, 0.3) is 5.69 Å². The number of halogens is 4. The summed E-state index contributed by atoms with van der Waals surface area (Å²) in [5.74, 6) is 0.840. The Morgan fingerprint density at radius 3 is 2.52 bits per heavy atom. The third kappa shape index (κ3) is 3.73. The summed E-state index contributed by atoms with van der Waals surface area (Å²) < 4.78 is 43.6. The van der Waals surface area contributed by atoms with Crippen LogP contribution in [-0.2, 0) is 12.7 Å².